The van der Waals surface area contributed by atoms with Gasteiger partial charge in [0.05, 0.1) is 6.10 Å². The Labute approximate surface area is 94.8 Å². The van der Waals surface area contributed by atoms with Crippen molar-refractivity contribution in [2.75, 3.05) is 13.7 Å². The summed E-state index contributed by atoms with van der Waals surface area (Å²) in [6.07, 6.45) is 8.22. The van der Waals surface area contributed by atoms with E-state index in [1.54, 1.807) is 0 Å². The minimum atomic E-state index is 0.468. The second kappa shape index (κ2) is 7.24. The molecule has 15 heavy (non-hydrogen) atoms. The summed E-state index contributed by atoms with van der Waals surface area (Å²) in [4.78, 5) is 0. The highest BCUT2D eigenvalue weighted by Crippen LogP contribution is 2.19. The van der Waals surface area contributed by atoms with E-state index in [0.29, 0.717) is 12.1 Å². The zero-order chi connectivity index (χ0) is 11.1. The van der Waals surface area contributed by atoms with E-state index in [4.69, 9.17) is 4.74 Å². The average Bonchev–Trinajstić information content (AvgIpc) is 2.25. The van der Waals surface area contributed by atoms with E-state index in [-0.39, 0.29) is 0 Å². The fourth-order valence-electron chi connectivity index (χ4n) is 2.35. The van der Waals surface area contributed by atoms with Gasteiger partial charge in [-0.25, -0.2) is 0 Å². The molecule has 0 saturated carbocycles. The van der Waals surface area contributed by atoms with Crippen LogP contribution in [0, 0.1) is 5.92 Å². The zero-order valence-corrected chi connectivity index (χ0v) is 10.6. The molecule has 1 saturated heterocycles. The van der Waals surface area contributed by atoms with Gasteiger partial charge >= 0.3 is 0 Å². The van der Waals surface area contributed by atoms with Gasteiger partial charge in [-0.1, -0.05) is 26.7 Å². The van der Waals surface area contributed by atoms with E-state index < -0.39 is 0 Å². The quantitative estimate of drug-likeness (QED) is 0.732. The summed E-state index contributed by atoms with van der Waals surface area (Å²) < 4.78 is 5.83. The summed E-state index contributed by atoms with van der Waals surface area (Å²) in [5.74, 6) is 0.829. The van der Waals surface area contributed by atoms with E-state index in [1.807, 2.05) is 0 Å². The Morgan fingerprint density at radius 3 is 2.60 bits per heavy atom. The van der Waals surface area contributed by atoms with E-state index in [9.17, 15) is 0 Å². The van der Waals surface area contributed by atoms with Crippen LogP contribution in [0.2, 0.25) is 0 Å². The molecule has 90 valence electrons. The fraction of sp³-hybridized carbons (Fsp3) is 1.00. The van der Waals surface area contributed by atoms with Crippen LogP contribution < -0.4 is 5.32 Å². The topological polar surface area (TPSA) is 21.3 Å². The van der Waals surface area contributed by atoms with Crippen molar-refractivity contribution in [3.8, 4) is 0 Å². The molecule has 2 atom stereocenters. The van der Waals surface area contributed by atoms with Crippen LogP contribution in [-0.2, 0) is 4.74 Å². The number of rotatable bonds is 6. The van der Waals surface area contributed by atoms with Gasteiger partial charge < -0.3 is 10.1 Å². The largest absolute Gasteiger partial charge is 0.377 e. The maximum absolute atomic E-state index is 5.83. The lowest BCUT2D eigenvalue weighted by molar-refractivity contribution is -0.00828. The highest BCUT2D eigenvalue weighted by molar-refractivity contribution is 4.78. The predicted octanol–water partition coefficient (Wildman–Crippen LogP) is 2.97. The fourth-order valence-corrected chi connectivity index (χ4v) is 2.35. The molecule has 0 radical (unpaired) electrons. The summed E-state index contributed by atoms with van der Waals surface area (Å²) in [5, 5.41) is 3.42. The van der Waals surface area contributed by atoms with Gasteiger partial charge in [0, 0.05) is 12.6 Å². The van der Waals surface area contributed by atoms with Crippen LogP contribution in [0.5, 0.6) is 0 Å². The number of hydrogen-bond acceptors (Lipinski definition) is 2. The minimum Gasteiger partial charge on any atom is -0.377 e. The highest BCUT2D eigenvalue weighted by atomic mass is 16.5. The van der Waals surface area contributed by atoms with E-state index in [2.05, 4.69) is 26.2 Å². The van der Waals surface area contributed by atoms with Crippen molar-refractivity contribution in [3.05, 3.63) is 0 Å². The average molecular weight is 213 g/mol. The first-order valence-corrected chi connectivity index (χ1v) is 6.53. The van der Waals surface area contributed by atoms with Crippen LogP contribution in [0.4, 0.5) is 0 Å². The SMILES string of the molecule is CNC(CCCC(C)C)C1CCCCO1. The molecule has 1 N–H and O–H groups in total. The molecule has 1 fully saturated rings. The summed E-state index contributed by atoms with van der Waals surface area (Å²) in [6.45, 7) is 5.56. The van der Waals surface area contributed by atoms with Crippen LogP contribution in [0.3, 0.4) is 0 Å². The molecule has 0 aromatic rings. The van der Waals surface area contributed by atoms with Crippen molar-refractivity contribution >= 4 is 0 Å². The first kappa shape index (κ1) is 13.0. The third kappa shape index (κ3) is 4.98. The van der Waals surface area contributed by atoms with E-state index >= 15 is 0 Å². The molecule has 0 amide bonds. The van der Waals surface area contributed by atoms with Gasteiger partial charge in [0.25, 0.3) is 0 Å². The molecule has 1 heterocycles. The van der Waals surface area contributed by atoms with Crippen molar-refractivity contribution < 1.29 is 4.74 Å². The highest BCUT2D eigenvalue weighted by Gasteiger charge is 2.22. The number of hydrogen-bond donors (Lipinski definition) is 1. The van der Waals surface area contributed by atoms with Crippen molar-refractivity contribution in [1.29, 1.82) is 0 Å². The molecular weight excluding hydrogens is 186 g/mol. The lowest BCUT2D eigenvalue weighted by Crippen LogP contribution is -2.41. The van der Waals surface area contributed by atoms with Crippen LogP contribution in [0.1, 0.15) is 52.4 Å². The van der Waals surface area contributed by atoms with Crippen molar-refractivity contribution in [2.45, 2.75) is 64.5 Å². The number of nitrogens with one attached hydrogen (secondary N) is 1. The van der Waals surface area contributed by atoms with Gasteiger partial charge in [0.2, 0.25) is 0 Å². The summed E-state index contributed by atoms with van der Waals surface area (Å²) >= 11 is 0. The van der Waals surface area contributed by atoms with Gasteiger partial charge in [-0.3, -0.25) is 0 Å². The van der Waals surface area contributed by atoms with Crippen molar-refractivity contribution in [1.82, 2.24) is 5.32 Å². The van der Waals surface area contributed by atoms with Gasteiger partial charge in [0.1, 0.15) is 0 Å². The van der Waals surface area contributed by atoms with Crippen molar-refractivity contribution in [2.24, 2.45) is 5.92 Å². The Morgan fingerprint density at radius 1 is 1.27 bits per heavy atom. The smallest absolute Gasteiger partial charge is 0.0727 e. The van der Waals surface area contributed by atoms with Gasteiger partial charge in [0.15, 0.2) is 0 Å². The van der Waals surface area contributed by atoms with Gasteiger partial charge in [-0.05, 0) is 38.6 Å². The number of likely N-dealkylation sites (N-methyl/N-ethyl adjacent to an activating group) is 1. The van der Waals surface area contributed by atoms with E-state index in [1.165, 1.54) is 38.5 Å². The Hall–Kier alpha value is -0.0800. The molecule has 2 nitrogen and oxygen atoms in total. The predicted molar refractivity (Wildman–Crippen MR) is 65.1 cm³/mol. The maximum Gasteiger partial charge on any atom is 0.0727 e. The molecule has 1 aliphatic heterocycles. The minimum absolute atomic E-state index is 0.468. The Balaban J connectivity index is 2.21. The van der Waals surface area contributed by atoms with Crippen LogP contribution in [-0.4, -0.2) is 25.8 Å². The van der Waals surface area contributed by atoms with E-state index in [0.717, 1.165) is 12.5 Å². The third-order valence-electron chi connectivity index (χ3n) is 3.33. The molecule has 2 heteroatoms. The maximum atomic E-state index is 5.83. The molecule has 1 aliphatic rings. The van der Waals surface area contributed by atoms with Crippen LogP contribution in [0.15, 0.2) is 0 Å². The second-order valence-corrected chi connectivity index (χ2v) is 5.12. The zero-order valence-electron chi connectivity index (χ0n) is 10.6. The number of ether oxygens (including phenoxy) is 1. The van der Waals surface area contributed by atoms with Crippen molar-refractivity contribution in [3.63, 3.8) is 0 Å². The lowest BCUT2D eigenvalue weighted by Gasteiger charge is -2.30. The first-order chi connectivity index (χ1) is 7.24. The molecule has 2 unspecified atom stereocenters. The third-order valence-corrected chi connectivity index (χ3v) is 3.33. The molecule has 0 aliphatic carbocycles. The Bertz CT molecular complexity index is 153. The molecule has 0 bridgehead atoms. The molecule has 0 aromatic carbocycles. The van der Waals surface area contributed by atoms with Crippen LogP contribution >= 0.6 is 0 Å². The van der Waals surface area contributed by atoms with Gasteiger partial charge in [-0.15, -0.1) is 0 Å². The van der Waals surface area contributed by atoms with Gasteiger partial charge in [-0.2, -0.15) is 0 Å². The second-order valence-electron chi connectivity index (χ2n) is 5.12. The lowest BCUT2D eigenvalue weighted by atomic mass is 9.96. The molecule has 1 rings (SSSR count). The monoisotopic (exact) mass is 213 g/mol. The summed E-state index contributed by atoms with van der Waals surface area (Å²) in [7, 11) is 2.07. The van der Waals surface area contributed by atoms with Crippen LogP contribution in [0.25, 0.3) is 0 Å². The summed E-state index contributed by atoms with van der Waals surface area (Å²) in [6, 6.07) is 0.573. The Kier molecular flexibility index (Phi) is 6.26. The summed E-state index contributed by atoms with van der Waals surface area (Å²) in [5.41, 5.74) is 0. The standard InChI is InChI=1S/C13H27NO/c1-11(2)7-6-8-12(14-3)13-9-4-5-10-15-13/h11-14H,4-10H2,1-3H3. The molecule has 0 spiro atoms. The first-order valence-electron chi connectivity index (χ1n) is 6.53. The molecular formula is C13H27NO. The molecule has 0 aromatic heterocycles. The Morgan fingerprint density at radius 2 is 2.07 bits per heavy atom. The normalized spacial score (nSPS) is 24.4.